The molecule has 0 aromatic heterocycles. The highest BCUT2D eigenvalue weighted by Gasteiger charge is 2.15. The van der Waals surface area contributed by atoms with Crippen LogP contribution in [0.15, 0.2) is 18.2 Å². The molecular weight excluding hydrogens is 278 g/mol. The predicted molar refractivity (Wildman–Crippen MR) is 76.3 cm³/mol. The fourth-order valence-electron chi connectivity index (χ4n) is 1.68. The van der Waals surface area contributed by atoms with E-state index < -0.39 is 4.92 Å². The van der Waals surface area contributed by atoms with Crippen molar-refractivity contribution in [2.24, 2.45) is 11.6 Å². The SMILES string of the molecule is NNc1cc(C(=O)NCCCCC(N)=O)ccc1[N+](=O)[O-]. The molecule has 2 amide bonds. The Morgan fingerprint density at radius 2 is 2.00 bits per heavy atom. The summed E-state index contributed by atoms with van der Waals surface area (Å²) in [5.74, 6) is 4.44. The van der Waals surface area contributed by atoms with Crippen LogP contribution in [-0.4, -0.2) is 23.3 Å². The Morgan fingerprint density at radius 3 is 2.57 bits per heavy atom. The standard InChI is InChI=1S/C12H17N5O4/c13-11(18)3-1-2-6-15-12(19)8-4-5-10(17(20)21)9(7-8)16-14/h4-5,7,16H,1-3,6,14H2,(H2,13,18)(H,15,19). The van der Waals surface area contributed by atoms with Gasteiger partial charge >= 0.3 is 0 Å². The topological polar surface area (TPSA) is 153 Å². The van der Waals surface area contributed by atoms with Gasteiger partial charge in [0, 0.05) is 24.6 Å². The molecule has 0 radical (unpaired) electrons. The zero-order valence-corrected chi connectivity index (χ0v) is 11.3. The van der Waals surface area contributed by atoms with Crippen LogP contribution in [0.3, 0.4) is 0 Å². The number of anilines is 1. The molecule has 0 aliphatic heterocycles. The number of nitrogen functional groups attached to an aromatic ring is 1. The van der Waals surface area contributed by atoms with Crippen LogP contribution in [0.4, 0.5) is 11.4 Å². The number of rotatable bonds is 8. The summed E-state index contributed by atoms with van der Waals surface area (Å²) >= 11 is 0. The molecular formula is C12H17N5O4. The summed E-state index contributed by atoms with van der Waals surface area (Å²) < 4.78 is 0. The maximum atomic E-state index is 11.8. The molecule has 1 rings (SSSR count). The normalized spacial score (nSPS) is 9.95. The molecule has 0 fully saturated rings. The van der Waals surface area contributed by atoms with E-state index in [4.69, 9.17) is 11.6 Å². The smallest absolute Gasteiger partial charge is 0.293 e. The summed E-state index contributed by atoms with van der Waals surface area (Å²) in [4.78, 5) is 32.5. The van der Waals surface area contributed by atoms with Crippen molar-refractivity contribution >= 4 is 23.2 Å². The van der Waals surface area contributed by atoms with Gasteiger partial charge in [0.25, 0.3) is 11.6 Å². The fraction of sp³-hybridized carbons (Fsp3) is 0.333. The number of carbonyl (C=O) groups excluding carboxylic acids is 2. The predicted octanol–water partition coefficient (Wildman–Crippen LogP) is 0.266. The van der Waals surface area contributed by atoms with E-state index in [2.05, 4.69) is 10.7 Å². The minimum absolute atomic E-state index is 0.0568. The number of nitrogens with one attached hydrogen (secondary N) is 2. The maximum absolute atomic E-state index is 11.8. The highest BCUT2D eigenvalue weighted by atomic mass is 16.6. The van der Waals surface area contributed by atoms with E-state index in [9.17, 15) is 19.7 Å². The van der Waals surface area contributed by atoms with Crippen LogP contribution in [0, 0.1) is 10.1 Å². The first-order valence-corrected chi connectivity index (χ1v) is 6.27. The average molecular weight is 295 g/mol. The Hall–Kier alpha value is -2.68. The van der Waals surface area contributed by atoms with E-state index in [1.807, 2.05) is 0 Å². The molecule has 0 atom stereocenters. The van der Waals surface area contributed by atoms with Gasteiger partial charge in [0.05, 0.1) is 4.92 Å². The Bertz CT molecular complexity index is 546. The molecule has 0 bridgehead atoms. The highest BCUT2D eigenvalue weighted by Crippen LogP contribution is 2.24. The van der Waals surface area contributed by atoms with Crippen molar-refractivity contribution in [3.05, 3.63) is 33.9 Å². The largest absolute Gasteiger partial charge is 0.370 e. The lowest BCUT2D eigenvalue weighted by Gasteiger charge is -2.07. The van der Waals surface area contributed by atoms with Gasteiger partial charge in [-0.1, -0.05) is 0 Å². The van der Waals surface area contributed by atoms with Gasteiger partial charge in [-0.2, -0.15) is 0 Å². The van der Waals surface area contributed by atoms with Crippen LogP contribution in [0.25, 0.3) is 0 Å². The number of benzene rings is 1. The first kappa shape index (κ1) is 16.4. The third-order valence-corrected chi connectivity index (χ3v) is 2.75. The number of hydrogen-bond acceptors (Lipinski definition) is 6. The molecule has 6 N–H and O–H groups in total. The second-order valence-corrected chi connectivity index (χ2v) is 4.31. The zero-order valence-electron chi connectivity index (χ0n) is 11.3. The van der Waals surface area contributed by atoms with E-state index >= 15 is 0 Å². The zero-order chi connectivity index (χ0) is 15.8. The van der Waals surface area contributed by atoms with Crippen molar-refractivity contribution in [2.45, 2.75) is 19.3 Å². The quantitative estimate of drug-likeness (QED) is 0.233. The number of hydrazine groups is 1. The summed E-state index contributed by atoms with van der Waals surface area (Å²) in [5, 5.41) is 13.4. The van der Waals surface area contributed by atoms with E-state index in [1.54, 1.807) is 0 Å². The van der Waals surface area contributed by atoms with Gasteiger partial charge in [-0.25, -0.2) is 0 Å². The van der Waals surface area contributed by atoms with Crippen LogP contribution in [-0.2, 0) is 4.79 Å². The van der Waals surface area contributed by atoms with Gasteiger partial charge in [-0.15, -0.1) is 0 Å². The monoisotopic (exact) mass is 295 g/mol. The van der Waals surface area contributed by atoms with Gasteiger partial charge in [-0.3, -0.25) is 25.5 Å². The molecule has 9 nitrogen and oxygen atoms in total. The molecule has 0 spiro atoms. The molecule has 0 saturated carbocycles. The summed E-state index contributed by atoms with van der Waals surface area (Å²) in [6.07, 6.45) is 1.48. The summed E-state index contributed by atoms with van der Waals surface area (Å²) in [6.45, 7) is 0.383. The average Bonchev–Trinajstić information content (AvgIpc) is 2.45. The molecule has 0 saturated heterocycles. The van der Waals surface area contributed by atoms with Gasteiger partial charge in [0.15, 0.2) is 0 Å². The molecule has 1 aromatic rings. The van der Waals surface area contributed by atoms with Gasteiger partial charge < -0.3 is 16.5 Å². The lowest BCUT2D eigenvalue weighted by molar-refractivity contribution is -0.384. The Balaban J connectivity index is 2.58. The first-order chi connectivity index (χ1) is 9.95. The van der Waals surface area contributed by atoms with Gasteiger partial charge in [0.2, 0.25) is 5.91 Å². The third kappa shape index (κ3) is 5.07. The van der Waals surface area contributed by atoms with Crippen molar-refractivity contribution < 1.29 is 14.5 Å². The maximum Gasteiger partial charge on any atom is 0.293 e. The van der Waals surface area contributed by atoms with Crippen LogP contribution in [0.5, 0.6) is 0 Å². The summed E-state index contributed by atoms with van der Waals surface area (Å²) in [7, 11) is 0. The van der Waals surface area contributed by atoms with Crippen LogP contribution >= 0.6 is 0 Å². The lowest BCUT2D eigenvalue weighted by atomic mass is 10.1. The number of unbranched alkanes of at least 4 members (excludes halogenated alkanes) is 1. The second-order valence-electron chi connectivity index (χ2n) is 4.31. The number of nitrogens with zero attached hydrogens (tertiary/aromatic N) is 1. The van der Waals surface area contributed by atoms with E-state index in [-0.39, 0.29) is 35.2 Å². The summed E-state index contributed by atoms with van der Waals surface area (Å²) in [5.41, 5.74) is 7.28. The van der Waals surface area contributed by atoms with E-state index in [1.165, 1.54) is 18.2 Å². The Kier molecular flexibility index (Phi) is 6.08. The number of amides is 2. The minimum Gasteiger partial charge on any atom is -0.370 e. The lowest BCUT2D eigenvalue weighted by Crippen LogP contribution is -2.25. The number of carbonyl (C=O) groups is 2. The number of nitrogens with two attached hydrogens (primary N) is 2. The molecule has 1 aromatic carbocycles. The van der Waals surface area contributed by atoms with Crippen LogP contribution < -0.4 is 22.3 Å². The number of primary amides is 1. The number of nitro groups is 1. The number of nitro benzene ring substituents is 1. The van der Waals surface area contributed by atoms with E-state index in [0.29, 0.717) is 19.4 Å². The van der Waals surface area contributed by atoms with Crippen LogP contribution in [0.2, 0.25) is 0 Å². The van der Waals surface area contributed by atoms with Crippen molar-refractivity contribution in [2.75, 3.05) is 12.0 Å². The van der Waals surface area contributed by atoms with Gasteiger partial charge in [-0.05, 0) is 25.0 Å². The van der Waals surface area contributed by atoms with Crippen molar-refractivity contribution in [1.82, 2.24) is 5.32 Å². The molecule has 114 valence electrons. The Morgan fingerprint density at radius 1 is 1.29 bits per heavy atom. The minimum atomic E-state index is -0.597. The molecule has 0 aliphatic rings. The van der Waals surface area contributed by atoms with Crippen molar-refractivity contribution in [1.29, 1.82) is 0 Å². The first-order valence-electron chi connectivity index (χ1n) is 6.27. The van der Waals surface area contributed by atoms with E-state index in [0.717, 1.165) is 0 Å². The van der Waals surface area contributed by atoms with Gasteiger partial charge in [0.1, 0.15) is 5.69 Å². The number of hydrogen-bond donors (Lipinski definition) is 4. The summed E-state index contributed by atoms with van der Waals surface area (Å²) in [6, 6.07) is 3.85. The third-order valence-electron chi connectivity index (χ3n) is 2.75. The molecule has 0 aliphatic carbocycles. The fourth-order valence-corrected chi connectivity index (χ4v) is 1.68. The molecule has 21 heavy (non-hydrogen) atoms. The van der Waals surface area contributed by atoms with Crippen LogP contribution in [0.1, 0.15) is 29.6 Å². The Labute approximate surface area is 120 Å². The molecule has 0 unspecified atom stereocenters. The van der Waals surface area contributed by atoms with Crippen molar-refractivity contribution in [3.63, 3.8) is 0 Å². The highest BCUT2D eigenvalue weighted by molar-refractivity contribution is 5.95. The van der Waals surface area contributed by atoms with Crippen molar-refractivity contribution in [3.8, 4) is 0 Å². The second kappa shape index (κ2) is 7.80. The molecule has 9 heteroatoms. The molecule has 0 heterocycles.